The maximum Gasteiger partial charge on any atom is 0.282 e. The first-order valence-corrected chi connectivity index (χ1v) is 6.58. The summed E-state index contributed by atoms with van der Waals surface area (Å²) in [7, 11) is 0. The predicted molar refractivity (Wildman–Crippen MR) is 69.7 cm³/mol. The Kier molecular flexibility index (Phi) is 2.32. The second-order valence-electron chi connectivity index (χ2n) is 4.39. The fraction of sp³-hybridized carbons (Fsp3) is 0.455. The second-order valence-corrected chi connectivity index (χ2v) is 5.47. The van der Waals surface area contributed by atoms with Crippen molar-refractivity contribution in [2.75, 3.05) is 11.6 Å². The molecule has 4 N–H and O–H groups in total. The highest BCUT2D eigenvalue weighted by Crippen LogP contribution is 2.32. The van der Waals surface area contributed by atoms with Crippen molar-refractivity contribution in [2.24, 2.45) is 0 Å². The van der Waals surface area contributed by atoms with Gasteiger partial charge in [-0.3, -0.25) is 4.79 Å². The fourth-order valence-corrected chi connectivity index (χ4v) is 3.67. The van der Waals surface area contributed by atoms with Crippen LogP contribution in [0.15, 0.2) is 4.79 Å². The highest BCUT2D eigenvalue weighted by molar-refractivity contribution is 7.18. The normalized spacial score (nSPS) is 15.8. The summed E-state index contributed by atoms with van der Waals surface area (Å²) in [5.41, 5.74) is 6.55. The number of rotatable bonds is 0. The summed E-state index contributed by atoms with van der Waals surface area (Å²) in [4.78, 5) is 18.3. The molecule has 2 heterocycles. The summed E-state index contributed by atoms with van der Waals surface area (Å²) in [6, 6.07) is 0. The van der Waals surface area contributed by atoms with Gasteiger partial charge in [0.2, 0.25) is 5.95 Å². The molecule has 17 heavy (non-hydrogen) atoms. The lowest BCUT2D eigenvalue weighted by Gasteiger charge is -2.02. The highest BCUT2D eigenvalue weighted by atomic mass is 32.1. The molecule has 0 fully saturated rings. The van der Waals surface area contributed by atoms with Crippen LogP contribution < -0.4 is 17.1 Å². The topological polar surface area (TPSA) is 86.9 Å². The molecule has 5 nitrogen and oxygen atoms in total. The zero-order chi connectivity index (χ0) is 12.0. The Morgan fingerprint density at radius 3 is 2.82 bits per heavy atom. The Morgan fingerprint density at radius 1 is 1.24 bits per heavy atom. The van der Waals surface area contributed by atoms with Gasteiger partial charge in [-0.15, -0.1) is 11.3 Å². The lowest BCUT2D eigenvalue weighted by Crippen LogP contribution is -2.30. The zero-order valence-corrected chi connectivity index (χ0v) is 10.2. The van der Waals surface area contributed by atoms with E-state index in [1.807, 2.05) is 0 Å². The Balaban J connectivity index is 2.38. The molecular weight excluding hydrogens is 236 g/mol. The smallest absolute Gasteiger partial charge is 0.282 e. The van der Waals surface area contributed by atoms with Crippen molar-refractivity contribution in [3.05, 3.63) is 20.8 Å². The maximum absolute atomic E-state index is 12.1. The van der Waals surface area contributed by atoms with Gasteiger partial charge in [-0.25, -0.2) is 4.98 Å². The van der Waals surface area contributed by atoms with E-state index >= 15 is 0 Å². The summed E-state index contributed by atoms with van der Waals surface area (Å²) in [6.45, 7) is 0. The molecule has 0 unspecified atom stereocenters. The van der Waals surface area contributed by atoms with E-state index in [4.69, 9.17) is 11.6 Å². The number of nitrogen functional groups attached to an aromatic ring is 2. The lowest BCUT2D eigenvalue weighted by molar-refractivity contribution is 0.713. The van der Waals surface area contributed by atoms with E-state index < -0.39 is 0 Å². The van der Waals surface area contributed by atoms with E-state index in [-0.39, 0.29) is 11.5 Å². The SMILES string of the molecule is Nc1nc2sc3c(c2c(=O)n1N)CCCCC3. The summed E-state index contributed by atoms with van der Waals surface area (Å²) < 4.78 is 0.945. The van der Waals surface area contributed by atoms with E-state index in [0.717, 1.165) is 34.3 Å². The van der Waals surface area contributed by atoms with Crippen molar-refractivity contribution in [2.45, 2.75) is 32.1 Å². The molecule has 0 bridgehead atoms. The minimum atomic E-state index is -0.216. The zero-order valence-electron chi connectivity index (χ0n) is 9.40. The summed E-state index contributed by atoms with van der Waals surface area (Å²) in [5, 5.41) is 0.684. The highest BCUT2D eigenvalue weighted by Gasteiger charge is 2.19. The van der Waals surface area contributed by atoms with Crippen LogP contribution in [0.4, 0.5) is 5.95 Å². The average molecular weight is 250 g/mol. The van der Waals surface area contributed by atoms with Crippen LogP contribution in [0.5, 0.6) is 0 Å². The first-order valence-electron chi connectivity index (χ1n) is 5.76. The van der Waals surface area contributed by atoms with Crippen LogP contribution >= 0.6 is 11.3 Å². The number of fused-ring (bicyclic) bond motifs is 3. The van der Waals surface area contributed by atoms with Gasteiger partial charge >= 0.3 is 0 Å². The number of nitrogens with zero attached hydrogens (tertiary/aromatic N) is 2. The van der Waals surface area contributed by atoms with Gasteiger partial charge in [0.15, 0.2) is 0 Å². The van der Waals surface area contributed by atoms with E-state index in [1.165, 1.54) is 17.7 Å². The summed E-state index contributed by atoms with van der Waals surface area (Å²) in [6.07, 6.45) is 5.54. The summed E-state index contributed by atoms with van der Waals surface area (Å²) >= 11 is 1.59. The number of anilines is 1. The molecule has 90 valence electrons. The molecule has 0 saturated heterocycles. The third kappa shape index (κ3) is 1.51. The van der Waals surface area contributed by atoms with Gasteiger partial charge in [-0.2, -0.15) is 4.68 Å². The quantitative estimate of drug-likeness (QED) is 0.540. The van der Waals surface area contributed by atoms with Gasteiger partial charge in [0.1, 0.15) is 4.83 Å². The number of nitrogens with two attached hydrogens (primary N) is 2. The molecular formula is C11H14N4OS. The van der Waals surface area contributed by atoms with Crippen molar-refractivity contribution < 1.29 is 0 Å². The van der Waals surface area contributed by atoms with Crippen LogP contribution in [0.3, 0.4) is 0 Å². The maximum atomic E-state index is 12.1. The predicted octanol–water partition coefficient (Wildman–Crippen LogP) is 1.02. The molecule has 0 saturated carbocycles. The molecule has 6 heteroatoms. The Bertz CT molecular complexity index is 643. The van der Waals surface area contributed by atoms with E-state index in [0.29, 0.717) is 5.39 Å². The first kappa shape index (κ1) is 10.6. The molecule has 0 radical (unpaired) electrons. The molecule has 0 spiro atoms. The van der Waals surface area contributed by atoms with E-state index in [1.54, 1.807) is 11.3 Å². The molecule has 2 aromatic rings. The number of aromatic nitrogens is 2. The van der Waals surface area contributed by atoms with Crippen molar-refractivity contribution in [1.29, 1.82) is 0 Å². The van der Waals surface area contributed by atoms with E-state index in [2.05, 4.69) is 4.98 Å². The van der Waals surface area contributed by atoms with Crippen LogP contribution in [0.2, 0.25) is 0 Å². The van der Waals surface area contributed by atoms with Crippen LogP contribution in [-0.4, -0.2) is 9.66 Å². The van der Waals surface area contributed by atoms with Crippen LogP contribution in [0.25, 0.3) is 10.2 Å². The van der Waals surface area contributed by atoms with Gasteiger partial charge in [0, 0.05) is 4.88 Å². The first-order chi connectivity index (χ1) is 8.18. The third-order valence-electron chi connectivity index (χ3n) is 3.30. The number of hydrogen-bond acceptors (Lipinski definition) is 5. The second kappa shape index (κ2) is 3.73. The van der Waals surface area contributed by atoms with Crippen LogP contribution in [0, 0.1) is 0 Å². The number of aryl methyl sites for hydroxylation is 2. The van der Waals surface area contributed by atoms with Gasteiger partial charge in [-0.1, -0.05) is 6.42 Å². The van der Waals surface area contributed by atoms with Crippen molar-refractivity contribution in [3.8, 4) is 0 Å². The molecule has 1 aliphatic rings. The molecule has 2 aromatic heterocycles. The van der Waals surface area contributed by atoms with Crippen molar-refractivity contribution >= 4 is 27.5 Å². The van der Waals surface area contributed by atoms with Crippen LogP contribution in [0.1, 0.15) is 29.7 Å². The molecule has 0 atom stereocenters. The van der Waals surface area contributed by atoms with E-state index in [9.17, 15) is 4.79 Å². The lowest BCUT2D eigenvalue weighted by atomic mass is 10.1. The summed E-state index contributed by atoms with van der Waals surface area (Å²) in [5.74, 6) is 5.68. The molecule has 0 aromatic carbocycles. The number of hydrogen-bond donors (Lipinski definition) is 2. The van der Waals surface area contributed by atoms with Crippen molar-refractivity contribution in [1.82, 2.24) is 9.66 Å². The Labute approximate surface area is 102 Å². The molecule has 1 aliphatic carbocycles. The van der Waals surface area contributed by atoms with Crippen molar-refractivity contribution in [3.63, 3.8) is 0 Å². The average Bonchev–Trinajstić information content (AvgIpc) is 2.49. The minimum absolute atomic E-state index is 0.0823. The molecule has 3 rings (SSSR count). The Morgan fingerprint density at radius 2 is 2.00 bits per heavy atom. The fourth-order valence-electron chi connectivity index (χ4n) is 2.41. The van der Waals surface area contributed by atoms with Gasteiger partial charge in [-0.05, 0) is 31.2 Å². The largest absolute Gasteiger partial charge is 0.368 e. The molecule has 0 amide bonds. The standard InChI is InChI=1S/C11H14N4OS/c12-11-14-9-8(10(16)15(11)13)6-4-2-1-3-5-7(6)17-9/h1-5,13H2,(H2,12,14). The monoisotopic (exact) mass is 250 g/mol. The third-order valence-corrected chi connectivity index (χ3v) is 4.48. The molecule has 0 aliphatic heterocycles. The Hall–Kier alpha value is -1.56. The van der Waals surface area contributed by atoms with Gasteiger partial charge in [0.25, 0.3) is 5.56 Å². The van der Waals surface area contributed by atoms with Crippen LogP contribution in [-0.2, 0) is 12.8 Å². The minimum Gasteiger partial charge on any atom is -0.368 e. The van der Waals surface area contributed by atoms with Gasteiger partial charge < -0.3 is 11.6 Å². The number of thiophene rings is 1. The van der Waals surface area contributed by atoms with Gasteiger partial charge in [0.05, 0.1) is 5.39 Å².